The third kappa shape index (κ3) is 3.78. The molecule has 0 spiro atoms. The second-order valence-electron chi connectivity index (χ2n) is 6.92. The van der Waals surface area contributed by atoms with E-state index in [1.54, 1.807) is 0 Å². The molecule has 2 rings (SSSR count). The predicted octanol–water partition coefficient (Wildman–Crippen LogP) is 3.02. The SMILES string of the molecule is CN(CCc1ccccc1)C1(CN)CSCC(C)(C)C1. The summed E-state index contributed by atoms with van der Waals surface area (Å²) in [5, 5.41) is 0. The second-order valence-corrected chi connectivity index (χ2v) is 7.91. The van der Waals surface area contributed by atoms with Gasteiger partial charge in [0.25, 0.3) is 0 Å². The number of benzene rings is 1. The maximum absolute atomic E-state index is 6.17. The lowest BCUT2D eigenvalue weighted by Crippen LogP contribution is -2.59. The number of rotatable bonds is 5. The summed E-state index contributed by atoms with van der Waals surface area (Å²) in [5.74, 6) is 2.42. The topological polar surface area (TPSA) is 29.3 Å². The van der Waals surface area contributed by atoms with Crippen LogP contribution in [0.1, 0.15) is 25.8 Å². The van der Waals surface area contributed by atoms with Crippen molar-refractivity contribution >= 4 is 11.8 Å². The van der Waals surface area contributed by atoms with Crippen molar-refractivity contribution in [2.45, 2.75) is 32.2 Å². The van der Waals surface area contributed by atoms with Gasteiger partial charge in [-0.3, -0.25) is 4.90 Å². The van der Waals surface area contributed by atoms with E-state index in [4.69, 9.17) is 5.73 Å². The Hall–Kier alpha value is -0.510. The van der Waals surface area contributed by atoms with Gasteiger partial charge in [-0.25, -0.2) is 0 Å². The van der Waals surface area contributed by atoms with Crippen molar-refractivity contribution in [1.29, 1.82) is 0 Å². The molecule has 1 fully saturated rings. The average Bonchev–Trinajstić information content (AvgIpc) is 2.44. The third-order valence-corrected chi connectivity index (χ3v) is 6.17. The average molecular weight is 292 g/mol. The first-order valence-corrected chi connectivity index (χ1v) is 8.66. The Balaban J connectivity index is 2.00. The first-order valence-electron chi connectivity index (χ1n) is 7.50. The van der Waals surface area contributed by atoms with Gasteiger partial charge in [-0.2, -0.15) is 11.8 Å². The van der Waals surface area contributed by atoms with Crippen LogP contribution in [0, 0.1) is 5.41 Å². The fraction of sp³-hybridized carbons (Fsp3) is 0.647. The largest absolute Gasteiger partial charge is 0.329 e. The minimum Gasteiger partial charge on any atom is -0.329 e. The minimum atomic E-state index is 0.168. The summed E-state index contributed by atoms with van der Waals surface area (Å²) in [4.78, 5) is 2.51. The van der Waals surface area contributed by atoms with Gasteiger partial charge in [0.2, 0.25) is 0 Å². The number of hydrogen-bond donors (Lipinski definition) is 1. The van der Waals surface area contributed by atoms with Gasteiger partial charge in [0.05, 0.1) is 0 Å². The molecule has 3 heteroatoms. The molecule has 2 N–H and O–H groups in total. The summed E-state index contributed by atoms with van der Waals surface area (Å²) >= 11 is 2.06. The highest BCUT2D eigenvalue weighted by atomic mass is 32.2. The van der Waals surface area contributed by atoms with E-state index in [0.29, 0.717) is 5.41 Å². The van der Waals surface area contributed by atoms with Crippen LogP contribution in [0.15, 0.2) is 30.3 Å². The fourth-order valence-electron chi connectivity index (χ4n) is 3.22. The van der Waals surface area contributed by atoms with E-state index in [-0.39, 0.29) is 5.54 Å². The highest BCUT2D eigenvalue weighted by Crippen LogP contribution is 2.41. The van der Waals surface area contributed by atoms with E-state index >= 15 is 0 Å². The molecule has 1 aromatic carbocycles. The lowest BCUT2D eigenvalue weighted by atomic mass is 9.79. The molecule has 1 heterocycles. The molecular weight excluding hydrogens is 264 g/mol. The van der Waals surface area contributed by atoms with Gasteiger partial charge >= 0.3 is 0 Å². The maximum atomic E-state index is 6.17. The number of thioether (sulfide) groups is 1. The van der Waals surface area contributed by atoms with Crippen LogP contribution in [0.25, 0.3) is 0 Å². The highest BCUT2D eigenvalue weighted by Gasteiger charge is 2.42. The molecule has 1 unspecified atom stereocenters. The summed E-state index contributed by atoms with van der Waals surface area (Å²) in [7, 11) is 2.25. The molecule has 1 aromatic rings. The molecule has 1 saturated heterocycles. The van der Waals surface area contributed by atoms with Crippen LogP contribution in [0.2, 0.25) is 0 Å². The van der Waals surface area contributed by atoms with Crippen molar-refractivity contribution < 1.29 is 0 Å². The smallest absolute Gasteiger partial charge is 0.0424 e. The van der Waals surface area contributed by atoms with Crippen molar-refractivity contribution in [3.05, 3.63) is 35.9 Å². The van der Waals surface area contributed by atoms with E-state index in [1.807, 2.05) is 0 Å². The molecule has 1 aliphatic rings. The molecular formula is C17H28N2S. The number of nitrogens with two attached hydrogens (primary N) is 1. The molecule has 112 valence electrons. The van der Waals surface area contributed by atoms with Crippen LogP contribution in [0.4, 0.5) is 0 Å². The van der Waals surface area contributed by atoms with E-state index < -0.39 is 0 Å². The van der Waals surface area contributed by atoms with Gasteiger partial charge in [-0.1, -0.05) is 44.2 Å². The van der Waals surface area contributed by atoms with E-state index in [1.165, 1.54) is 17.7 Å². The van der Waals surface area contributed by atoms with Crippen molar-refractivity contribution in [1.82, 2.24) is 4.90 Å². The number of likely N-dealkylation sites (N-methyl/N-ethyl adjacent to an activating group) is 1. The Kier molecular flexibility index (Phi) is 5.16. The second kappa shape index (κ2) is 6.50. The molecule has 0 aliphatic carbocycles. The van der Waals surface area contributed by atoms with Crippen molar-refractivity contribution in [2.75, 3.05) is 31.6 Å². The molecule has 0 radical (unpaired) electrons. The lowest BCUT2D eigenvalue weighted by molar-refractivity contribution is 0.0946. The molecule has 1 aliphatic heterocycles. The maximum Gasteiger partial charge on any atom is 0.0424 e. The number of hydrogen-bond acceptors (Lipinski definition) is 3. The minimum absolute atomic E-state index is 0.168. The first-order chi connectivity index (χ1) is 9.47. The molecule has 0 bridgehead atoms. The zero-order valence-corrected chi connectivity index (χ0v) is 13.9. The lowest BCUT2D eigenvalue weighted by Gasteiger charge is -2.49. The van der Waals surface area contributed by atoms with Gasteiger partial charge in [0.1, 0.15) is 0 Å². The zero-order chi connectivity index (χ0) is 14.6. The Bertz CT molecular complexity index is 418. The fourth-order valence-corrected chi connectivity index (χ4v) is 4.80. The Labute approximate surface area is 128 Å². The van der Waals surface area contributed by atoms with Crippen molar-refractivity contribution in [3.63, 3.8) is 0 Å². The summed E-state index contributed by atoms with van der Waals surface area (Å²) in [6.07, 6.45) is 2.30. The van der Waals surface area contributed by atoms with Gasteiger partial charge in [0, 0.05) is 24.4 Å². The number of nitrogens with zero attached hydrogens (tertiary/aromatic N) is 1. The molecule has 2 nitrogen and oxygen atoms in total. The van der Waals surface area contributed by atoms with Crippen LogP contribution >= 0.6 is 11.8 Å². The van der Waals surface area contributed by atoms with Crippen molar-refractivity contribution in [2.24, 2.45) is 11.1 Å². The normalized spacial score (nSPS) is 25.9. The molecule has 0 saturated carbocycles. The van der Waals surface area contributed by atoms with E-state index in [9.17, 15) is 0 Å². The van der Waals surface area contributed by atoms with Crippen LogP contribution < -0.4 is 5.73 Å². The summed E-state index contributed by atoms with van der Waals surface area (Å²) in [6.45, 7) is 6.58. The Morgan fingerprint density at radius 3 is 2.50 bits per heavy atom. The predicted molar refractivity (Wildman–Crippen MR) is 90.3 cm³/mol. The van der Waals surface area contributed by atoms with Gasteiger partial charge in [-0.15, -0.1) is 0 Å². The monoisotopic (exact) mass is 292 g/mol. The third-order valence-electron chi connectivity index (χ3n) is 4.44. The van der Waals surface area contributed by atoms with Gasteiger partial charge in [-0.05, 0) is 36.6 Å². The summed E-state index contributed by atoms with van der Waals surface area (Å²) in [5.41, 5.74) is 8.15. The molecule has 0 aromatic heterocycles. The van der Waals surface area contributed by atoms with E-state index in [2.05, 4.69) is 67.9 Å². The molecule has 1 atom stereocenters. The standard InChI is InChI=1S/C17H28N2S/c1-16(2)11-17(12-18,14-20-13-16)19(3)10-9-15-7-5-4-6-8-15/h4-8H,9-14,18H2,1-3H3. The van der Waals surface area contributed by atoms with Crippen LogP contribution in [-0.2, 0) is 6.42 Å². The van der Waals surface area contributed by atoms with Gasteiger partial charge in [0.15, 0.2) is 0 Å². The zero-order valence-electron chi connectivity index (χ0n) is 13.1. The molecule has 20 heavy (non-hydrogen) atoms. The summed E-state index contributed by atoms with van der Waals surface area (Å²) < 4.78 is 0. The highest BCUT2D eigenvalue weighted by molar-refractivity contribution is 7.99. The van der Waals surface area contributed by atoms with Crippen LogP contribution in [0.5, 0.6) is 0 Å². The first kappa shape index (κ1) is 15.9. The van der Waals surface area contributed by atoms with Crippen LogP contribution in [0.3, 0.4) is 0 Å². The van der Waals surface area contributed by atoms with Crippen molar-refractivity contribution in [3.8, 4) is 0 Å². The quantitative estimate of drug-likeness (QED) is 0.904. The van der Waals surface area contributed by atoms with Crippen LogP contribution in [-0.4, -0.2) is 42.1 Å². The Morgan fingerprint density at radius 2 is 1.90 bits per heavy atom. The Morgan fingerprint density at radius 1 is 1.20 bits per heavy atom. The molecule has 0 amide bonds. The van der Waals surface area contributed by atoms with E-state index in [0.717, 1.165) is 25.3 Å². The van der Waals surface area contributed by atoms with Gasteiger partial charge < -0.3 is 5.73 Å². The summed E-state index contributed by atoms with van der Waals surface area (Å²) in [6, 6.07) is 10.7.